The molecule has 0 aliphatic heterocycles. The molecule has 25 heavy (non-hydrogen) atoms. The molecule has 1 aromatic carbocycles. The van der Waals surface area contributed by atoms with Crippen LogP contribution in [0, 0.1) is 17.8 Å². The topological polar surface area (TPSA) is 40.5 Å². The number of aliphatic hydroxyl groups is 1. The van der Waals surface area contributed by atoms with Gasteiger partial charge in [-0.25, -0.2) is 0 Å². The van der Waals surface area contributed by atoms with E-state index in [1.165, 1.54) is 32.1 Å². The molecule has 1 aromatic rings. The first-order valence-electron chi connectivity index (χ1n) is 9.64. The maximum atomic E-state index is 12.0. The molecule has 0 aromatic heterocycles. The van der Waals surface area contributed by atoms with E-state index in [2.05, 4.69) is 23.7 Å². The number of rotatable bonds is 8. The van der Waals surface area contributed by atoms with Crippen molar-refractivity contribution in [1.29, 1.82) is 0 Å². The van der Waals surface area contributed by atoms with Crippen LogP contribution in [0.15, 0.2) is 30.3 Å². The van der Waals surface area contributed by atoms with Crippen LogP contribution in [0.5, 0.6) is 0 Å². The summed E-state index contributed by atoms with van der Waals surface area (Å²) in [6.45, 7) is 5.14. The SMILES string of the molecule is CCN(CC#CCCC(=O)C(O)c1ccccc1)CC1CCCCC1. The van der Waals surface area contributed by atoms with Crippen molar-refractivity contribution in [2.75, 3.05) is 19.6 Å². The minimum atomic E-state index is -1.03. The summed E-state index contributed by atoms with van der Waals surface area (Å²) in [5, 5.41) is 10.0. The van der Waals surface area contributed by atoms with Crippen LogP contribution in [0.2, 0.25) is 0 Å². The Morgan fingerprint density at radius 3 is 2.60 bits per heavy atom. The highest BCUT2D eigenvalue weighted by atomic mass is 16.3. The molecular weight excluding hydrogens is 310 g/mol. The van der Waals surface area contributed by atoms with Crippen LogP contribution in [0.1, 0.15) is 63.5 Å². The molecule has 0 saturated heterocycles. The lowest BCUT2D eigenvalue weighted by Crippen LogP contribution is -2.30. The quantitative estimate of drug-likeness (QED) is 0.727. The van der Waals surface area contributed by atoms with Crippen LogP contribution in [-0.2, 0) is 4.79 Å². The minimum absolute atomic E-state index is 0.157. The molecular formula is C22H31NO2. The van der Waals surface area contributed by atoms with E-state index in [9.17, 15) is 9.90 Å². The molecule has 1 unspecified atom stereocenters. The van der Waals surface area contributed by atoms with E-state index in [1.807, 2.05) is 18.2 Å². The van der Waals surface area contributed by atoms with E-state index in [4.69, 9.17) is 0 Å². The lowest BCUT2D eigenvalue weighted by atomic mass is 9.89. The normalized spacial score (nSPS) is 16.3. The lowest BCUT2D eigenvalue weighted by Gasteiger charge is -2.27. The van der Waals surface area contributed by atoms with Gasteiger partial charge in [0.2, 0.25) is 0 Å². The van der Waals surface area contributed by atoms with Crippen molar-refractivity contribution in [2.24, 2.45) is 5.92 Å². The Labute approximate surface area is 152 Å². The number of ketones is 1. The van der Waals surface area contributed by atoms with Gasteiger partial charge >= 0.3 is 0 Å². The van der Waals surface area contributed by atoms with Gasteiger partial charge < -0.3 is 5.11 Å². The molecule has 136 valence electrons. The Bertz CT molecular complexity index is 567. The molecule has 0 spiro atoms. The van der Waals surface area contributed by atoms with Crippen molar-refractivity contribution < 1.29 is 9.90 Å². The van der Waals surface area contributed by atoms with Crippen LogP contribution in [0.25, 0.3) is 0 Å². The average molecular weight is 341 g/mol. The number of benzene rings is 1. The van der Waals surface area contributed by atoms with E-state index >= 15 is 0 Å². The zero-order valence-electron chi connectivity index (χ0n) is 15.4. The highest BCUT2D eigenvalue weighted by molar-refractivity contribution is 5.84. The minimum Gasteiger partial charge on any atom is -0.381 e. The molecule has 1 atom stereocenters. The second-order valence-corrected chi connectivity index (χ2v) is 6.96. The number of hydrogen-bond acceptors (Lipinski definition) is 3. The number of carbonyl (C=O) groups is 1. The number of Topliss-reactive ketones (excluding diaryl/α,β-unsaturated/α-hetero) is 1. The average Bonchev–Trinajstić information content (AvgIpc) is 2.67. The molecule has 3 nitrogen and oxygen atoms in total. The maximum Gasteiger partial charge on any atom is 0.166 e. The molecule has 0 radical (unpaired) electrons. The molecule has 1 fully saturated rings. The van der Waals surface area contributed by atoms with Crippen molar-refractivity contribution in [3.63, 3.8) is 0 Å². The predicted octanol–water partition coefficient (Wildman–Crippen LogP) is 3.97. The van der Waals surface area contributed by atoms with E-state index in [1.54, 1.807) is 12.1 Å². The van der Waals surface area contributed by atoms with Gasteiger partial charge in [0.25, 0.3) is 0 Å². The fourth-order valence-corrected chi connectivity index (χ4v) is 3.44. The molecule has 1 aliphatic rings. The Balaban J connectivity index is 1.69. The standard InChI is InChI=1S/C22H31NO2/c1-2-23(18-19-12-6-3-7-13-19)17-11-5-10-16-21(24)22(25)20-14-8-4-9-15-20/h4,8-9,14-15,19,22,25H,2-3,6-7,10,12-13,16-18H2,1H3. The first-order valence-corrected chi connectivity index (χ1v) is 9.64. The van der Waals surface area contributed by atoms with Gasteiger partial charge in [0, 0.05) is 19.4 Å². The van der Waals surface area contributed by atoms with Gasteiger partial charge in [-0.15, -0.1) is 5.92 Å². The molecule has 0 heterocycles. The van der Waals surface area contributed by atoms with E-state index in [0.29, 0.717) is 18.4 Å². The van der Waals surface area contributed by atoms with Crippen molar-refractivity contribution >= 4 is 5.78 Å². The first kappa shape index (κ1) is 19.7. The van der Waals surface area contributed by atoms with E-state index < -0.39 is 6.10 Å². The Morgan fingerprint density at radius 2 is 1.92 bits per heavy atom. The summed E-state index contributed by atoms with van der Waals surface area (Å²) in [4.78, 5) is 14.4. The largest absolute Gasteiger partial charge is 0.381 e. The first-order chi connectivity index (χ1) is 12.2. The van der Waals surface area contributed by atoms with Crippen LogP contribution in [0.4, 0.5) is 0 Å². The van der Waals surface area contributed by atoms with Crippen LogP contribution >= 0.6 is 0 Å². The van der Waals surface area contributed by atoms with Crippen LogP contribution in [-0.4, -0.2) is 35.4 Å². The van der Waals surface area contributed by atoms with Gasteiger partial charge in [0.15, 0.2) is 5.78 Å². The number of carbonyl (C=O) groups excluding carboxylic acids is 1. The van der Waals surface area contributed by atoms with Crippen molar-refractivity contribution in [3.05, 3.63) is 35.9 Å². The second-order valence-electron chi connectivity index (χ2n) is 6.96. The Morgan fingerprint density at radius 1 is 1.20 bits per heavy atom. The third kappa shape index (κ3) is 7.02. The summed E-state index contributed by atoms with van der Waals surface area (Å²) in [5.41, 5.74) is 0.657. The van der Waals surface area contributed by atoms with Crippen LogP contribution < -0.4 is 0 Å². The molecule has 1 aliphatic carbocycles. The third-order valence-electron chi connectivity index (χ3n) is 5.03. The van der Waals surface area contributed by atoms with E-state index in [0.717, 1.165) is 25.6 Å². The molecule has 3 heteroatoms. The fourth-order valence-electron chi connectivity index (χ4n) is 3.44. The molecule has 0 amide bonds. The summed E-state index contributed by atoms with van der Waals surface area (Å²) in [6.07, 6.45) is 6.65. The molecule has 0 bridgehead atoms. The zero-order chi connectivity index (χ0) is 17.9. The molecule has 1 saturated carbocycles. The smallest absolute Gasteiger partial charge is 0.166 e. The fraction of sp³-hybridized carbons (Fsp3) is 0.591. The lowest BCUT2D eigenvalue weighted by molar-refractivity contribution is -0.127. The highest BCUT2D eigenvalue weighted by Gasteiger charge is 2.16. The van der Waals surface area contributed by atoms with Gasteiger partial charge in [0.05, 0.1) is 6.54 Å². The summed E-state index contributed by atoms with van der Waals surface area (Å²) < 4.78 is 0. The van der Waals surface area contributed by atoms with Crippen molar-refractivity contribution in [2.45, 2.75) is 58.0 Å². The monoisotopic (exact) mass is 341 g/mol. The van der Waals surface area contributed by atoms with E-state index in [-0.39, 0.29) is 5.78 Å². The van der Waals surface area contributed by atoms with Gasteiger partial charge in [-0.3, -0.25) is 9.69 Å². The summed E-state index contributed by atoms with van der Waals surface area (Å²) in [5.74, 6) is 6.98. The zero-order valence-corrected chi connectivity index (χ0v) is 15.4. The Kier molecular flexibility index (Phi) is 8.72. The van der Waals surface area contributed by atoms with Gasteiger partial charge in [0.1, 0.15) is 6.10 Å². The predicted molar refractivity (Wildman–Crippen MR) is 102 cm³/mol. The summed E-state index contributed by atoms with van der Waals surface area (Å²) in [6, 6.07) is 9.09. The summed E-state index contributed by atoms with van der Waals surface area (Å²) in [7, 11) is 0. The van der Waals surface area contributed by atoms with Crippen molar-refractivity contribution in [1.82, 2.24) is 4.90 Å². The number of hydrogen-bond donors (Lipinski definition) is 1. The van der Waals surface area contributed by atoms with Crippen molar-refractivity contribution in [3.8, 4) is 11.8 Å². The van der Waals surface area contributed by atoms with Gasteiger partial charge in [-0.1, -0.05) is 62.4 Å². The number of nitrogens with zero attached hydrogens (tertiary/aromatic N) is 1. The maximum absolute atomic E-state index is 12.0. The highest BCUT2D eigenvalue weighted by Crippen LogP contribution is 2.24. The van der Waals surface area contributed by atoms with Gasteiger partial charge in [-0.2, -0.15) is 0 Å². The molecule has 2 rings (SSSR count). The van der Waals surface area contributed by atoms with Crippen LogP contribution in [0.3, 0.4) is 0 Å². The molecule has 1 N–H and O–H groups in total. The van der Waals surface area contributed by atoms with Gasteiger partial charge in [-0.05, 0) is 30.9 Å². The second kappa shape index (κ2) is 11.1. The summed E-state index contributed by atoms with van der Waals surface area (Å²) >= 11 is 0. The number of aliphatic hydroxyl groups excluding tert-OH is 1. The third-order valence-corrected chi connectivity index (χ3v) is 5.03. The Hall–Kier alpha value is -1.63.